The normalized spacial score (nSPS) is 16.4. The van der Waals surface area contributed by atoms with Gasteiger partial charge in [-0.2, -0.15) is 0 Å². The second kappa shape index (κ2) is 6.94. The number of hydrogen-bond donors (Lipinski definition) is 1. The maximum atomic E-state index is 12.8. The van der Waals surface area contributed by atoms with Crippen molar-refractivity contribution in [2.75, 3.05) is 0 Å². The lowest BCUT2D eigenvalue weighted by molar-refractivity contribution is 0.484. The van der Waals surface area contributed by atoms with Gasteiger partial charge in [-0.25, -0.2) is 4.98 Å². The zero-order valence-corrected chi connectivity index (χ0v) is 17.4. The molecule has 0 aliphatic heterocycles. The van der Waals surface area contributed by atoms with Gasteiger partial charge in [0, 0.05) is 9.77 Å². The van der Waals surface area contributed by atoms with Gasteiger partial charge < -0.3 is 9.40 Å². The minimum Gasteiger partial charge on any atom is -0.446 e. The van der Waals surface area contributed by atoms with Crippen LogP contribution in [-0.4, -0.2) is 9.97 Å². The smallest absolute Gasteiger partial charge is 0.260 e. The van der Waals surface area contributed by atoms with Crippen LogP contribution in [0.2, 0.25) is 0 Å². The van der Waals surface area contributed by atoms with Gasteiger partial charge in [0.25, 0.3) is 5.56 Å². The van der Waals surface area contributed by atoms with Crippen LogP contribution in [0.15, 0.2) is 55.6 Å². The zero-order valence-electron chi connectivity index (χ0n) is 15.7. The summed E-state index contributed by atoms with van der Waals surface area (Å²) in [6.45, 7) is 4.34. The Hall–Kier alpha value is -2.31. The third kappa shape index (κ3) is 3.20. The number of fused-ring (bicyclic) bond motifs is 3. The number of nitrogens with zero attached hydrogens (tertiary/aromatic N) is 1. The molecule has 28 heavy (non-hydrogen) atoms. The van der Waals surface area contributed by atoms with E-state index in [0.717, 1.165) is 39.5 Å². The number of rotatable bonds is 3. The lowest BCUT2D eigenvalue weighted by Gasteiger charge is -2.17. The Bertz CT molecular complexity index is 1220. The van der Waals surface area contributed by atoms with Crippen molar-refractivity contribution in [1.82, 2.24) is 9.97 Å². The van der Waals surface area contributed by atoms with Crippen molar-refractivity contribution in [3.8, 4) is 11.6 Å². The molecule has 3 heterocycles. The quantitative estimate of drug-likeness (QED) is 0.463. The Morgan fingerprint density at radius 2 is 2.04 bits per heavy atom. The molecule has 1 aromatic carbocycles. The lowest BCUT2D eigenvalue weighted by atomic mass is 9.89. The maximum Gasteiger partial charge on any atom is 0.260 e. The van der Waals surface area contributed by atoms with Gasteiger partial charge in [0.15, 0.2) is 16.7 Å². The summed E-state index contributed by atoms with van der Waals surface area (Å²) in [5, 5.41) is 1.55. The van der Waals surface area contributed by atoms with Crippen LogP contribution in [0.25, 0.3) is 21.8 Å². The maximum absolute atomic E-state index is 12.8. The van der Waals surface area contributed by atoms with Crippen molar-refractivity contribution in [3.63, 3.8) is 0 Å². The summed E-state index contributed by atoms with van der Waals surface area (Å²) < 4.78 is 5.96. The summed E-state index contributed by atoms with van der Waals surface area (Å²) in [5.41, 5.74) is 2.37. The molecule has 0 spiro atoms. The standard InChI is InChI=1S/C22H20N2O2S2/c1-12-3-6-14(7-4-12)27-18-10-9-16(26-18)20-23-21(25)19-15-8-5-13(2)11-17(15)28-22(19)24-20/h3-4,6-7,9-10,13H,5,8,11H2,1-2H3,(H,23,24,25). The number of thiophene rings is 1. The van der Waals surface area contributed by atoms with Crippen LogP contribution < -0.4 is 5.56 Å². The molecule has 4 aromatic rings. The van der Waals surface area contributed by atoms with Crippen LogP contribution in [0.1, 0.15) is 29.3 Å². The van der Waals surface area contributed by atoms with E-state index in [1.807, 2.05) is 12.1 Å². The van der Waals surface area contributed by atoms with Gasteiger partial charge in [-0.1, -0.05) is 36.4 Å². The third-order valence-electron chi connectivity index (χ3n) is 5.22. The van der Waals surface area contributed by atoms with Gasteiger partial charge in [-0.3, -0.25) is 4.79 Å². The first-order valence-corrected chi connectivity index (χ1v) is 11.1. The second-order valence-electron chi connectivity index (χ2n) is 7.48. The molecular formula is C22H20N2O2S2. The topological polar surface area (TPSA) is 58.9 Å². The third-order valence-corrected chi connectivity index (χ3v) is 7.30. The predicted octanol–water partition coefficient (Wildman–Crippen LogP) is 5.83. The molecule has 4 nitrogen and oxygen atoms in total. The summed E-state index contributed by atoms with van der Waals surface area (Å²) in [4.78, 5) is 23.7. The molecule has 0 fully saturated rings. The average molecular weight is 409 g/mol. The molecule has 3 aromatic heterocycles. The number of aryl methyl sites for hydroxylation is 2. The first kappa shape index (κ1) is 17.8. The molecule has 6 heteroatoms. The summed E-state index contributed by atoms with van der Waals surface area (Å²) in [5.74, 6) is 1.76. The number of benzene rings is 1. The highest BCUT2D eigenvalue weighted by Gasteiger charge is 2.23. The molecule has 1 aliphatic carbocycles. The Morgan fingerprint density at radius 3 is 2.86 bits per heavy atom. The fourth-order valence-corrected chi connectivity index (χ4v) is 5.85. The Morgan fingerprint density at radius 1 is 1.21 bits per heavy atom. The Balaban J connectivity index is 1.49. The Labute approximate surface area is 171 Å². The largest absolute Gasteiger partial charge is 0.446 e. The molecular weight excluding hydrogens is 388 g/mol. The minimum absolute atomic E-state index is 0.0591. The van der Waals surface area contributed by atoms with E-state index in [9.17, 15) is 4.79 Å². The van der Waals surface area contributed by atoms with Crippen molar-refractivity contribution in [3.05, 3.63) is 62.8 Å². The summed E-state index contributed by atoms with van der Waals surface area (Å²) in [6.07, 6.45) is 3.15. The fourth-order valence-electron chi connectivity index (χ4n) is 3.69. The molecule has 0 radical (unpaired) electrons. The van der Waals surface area contributed by atoms with Gasteiger partial charge in [0.2, 0.25) is 0 Å². The van der Waals surface area contributed by atoms with Crippen LogP contribution in [0, 0.1) is 12.8 Å². The van der Waals surface area contributed by atoms with E-state index in [1.165, 1.54) is 16.0 Å². The van der Waals surface area contributed by atoms with Crippen molar-refractivity contribution in [2.45, 2.75) is 43.1 Å². The molecule has 1 atom stereocenters. The number of aromatic amines is 1. The van der Waals surface area contributed by atoms with Gasteiger partial charge in [0.1, 0.15) is 4.83 Å². The van der Waals surface area contributed by atoms with Crippen molar-refractivity contribution >= 4 is 33.3 Å². The average Bonchev–Trinajstić information content (AvgIpc) is 3.27. The van der Waals surface area contributed by atoms with E-state index in [-0.39, 0.29) is 5.56 Å². The number of furan rings is 1. The molecule has 0 saturated heterocycles. The molecule has 142 valence electrons. The molecule has 0 saturated carbocycles. The minimum atomic E-state index is -0.0591. The highest BCUT2D eigenvalue weighted by Crippen LogP contribution is 2.37. The van der Waals surface area contributed by atoms with Crippen LogP contribution in [0.3, 0.4) is 0 Å². The van der Waals surface area contributed by atoms with Gasteiger partial charge in [-0.15, -0.1) is 11.3 Å². The summed E-state index contributed by atoms with van der Waals surface area (Å²) >= 11 is 3.22. The zero-order chi connectivity index (χ0) is 19.3. The molecule has 1 N–H and O–H groups in total. The van der Waals surface area contributed by atoms with E-state index < -0.39 is 0 Å². The molecule has 5 rings (SSSR count). The van der Waals surface area contributed by atoms with Gasteiger partial charge >= 0.3 is 0 Å². The van der Waals surface area contributed by atoms with Crippen molar-refractivity contribution in [2.24, 2.45) is 5.92 Å². The first-order chi connectivity index (χ1) is 13.6. The van der Waals surface area contributed by atoms with E-state index in [1.54, 1.807) is 23.1 Å². The predicted molar refractivity (Wildman–Crippen MR) is 114 cm³/mol. The number of aromatic nitrogens is 2. The summed E-state index contributed by atoms with van der Waals surface area (Å²) in [6, 6.07) is 12.1. The van der Waals surface area contributed by atoms with Gasteiger partial charge in [0.05, 0.1) is 5.39 Å². The van der Waals surface area contributed by atoms with Crippen LogP contribution in [-0.2, 0) is 12.8 Å². The first-order valence-electron chi connectivity index (χ1n) is 9.46. The Kier molecular flexibility index (Phi) is 4.40. The van der Waals surface area contributed by atoms with Crippen molar-refractivity contribution in [1.29, 1.82) is 0 Å². The molecule has 1 unspecified atom stereocenters. The molecule has 1 aliphatic rings. The van der Waals surface area contributed by atoms with Gasteiger partial charge in [-0.05, 0) is 61.9 Å². The monoisotopic (exact) mass is 408 g/mol. The molecule has 0 amide bonds. The number of H-pyrrole nitrogens is 1. The molecule has 0 bridgehead atoms. The van der Waals surface area contributed by atoms with E-state index in [0.29, 0.717) is 17.5 Å². The fraction of sp³-hybridized carbons (Fsp3) is 0.273. The van der Waals surface area contributed by atoms with E-state index in [4.69, 9.17) is 9.40 Å². The van der Waals surface area contributed by atoms with Crippen molar-refractivity contribution < 1.29 is 4.42 Å². The van der Waals surface area contributed by atoms with Crippen LogP contribution >= 0.6 is 23.1 Å². The lowest BCUT2D eigenvalue weighted by Crippen LogP contribution is -2.13. The highest BCUT2D eigenvalue weighted by atomic mass is 32.2. The SMILES string of the molecule is Cc1ccc(Sc2ccc(-c3nc4sc5c(c4c(=O)[nH]3)CCC(C)C5)o2)cc1. The van der Waals surface area contributed by atoms with E-state index >= 15 is 0 Å². The van der Waals surface area contributed by atoms with E-state index in [2.05, 4.69) is 43.1 Å². The highest BCUT2D eigenvalue weighted by molar-refractivity contribution is 7.99. The van der Waals surface area contributed by atoms with Crippen LogP contribution in [0.4, 0.5) is 0 Å². The second-order valence-corrected chi connectivity index (χ2v) is 9.64. The summed E-state index contributed by atoms with van der Waals surface area (Å²) in [7, 11) is 0. The number of hydrogen-bond acceptors (Lipinski definition) is 5. The number of nitrogens with one attached hydrogen (secondary N) is 1. The van der Waals surface area contributed by atoms with Crippen LogP contribution in [0.5, 0.6) is 0 Å².